The molecule has 7 heteroatoms. The second-order valence-corrected chi connectivity index (χ2v) is 4.68. The Labute approximate surface area is 114 Å². The number of alkyl halides is 5. The van der Waals surface area contributed by atoms with E-state index in [0.29, 0.717) is 5.69 Å². The van der Waals surface area contributed by atoms with Gasteiger partial charge in [-0.15, -0.1) is 0 Å². The van der Waals surface area contributed by atoms with Crippen LogP contribution in [0.2, 0.25) is 0 Å². The van der Waals surface area contributed by atoms with Crippen molar-refractivity contribution in [2.24, 2.45) is 0 Å². The number of hydrogen-bond acceptors (Lipinski definition) is 2. The van der Waals surface area contributed by atoms with Crippen LogP contribution in [0.4, 0.5) is 33.3 Å². The Balaban J connectivity index is 2.44. The van der Waals surface area contributed by atoms with Gasteiger partial charge in [0.15, 0.2) is 0 Å². The van der Waals surface area contributed by atoms with Crippen molar-refractivity contribution in [2.75, 3.05) is 30.9 Å². The molecule has 0 bridgehead atoms. The molecule has 0 atom stereocenters. The molecule has 0 spiro atoms. The SMILES string of the molecule is CN(C)c1cccc(NCCCC(F)(F)C(F)(F)F)c1. The Morgan fingerprint density at radius 3 is 2.30 bits per heavy atom. The Bertz CT molecular complexity index is 429. The van der Waals surface area contributed by atoms with E-state index in [1.807, 2.05) is 25.1 Å². The predicted molar refractivity (Wildman–Crippen MR) is 69.5 cm³/mol. The van der Waals surface area contributed by atoms with E-state index in [4.69, 9.17) is 0 Å². The van der Waals surface area contributed by atoms with Gasteiger partial charge in [0.05, 0.1) is 0 Å². The fraction of sp³-hybridized carbons (Fsp3) is 0.538. The lowest BCUT2D eigenvalue weighted by Gasteiger charge is -2.19. The first kappa shape index (κ1) is 16.5. The molecule has 0 aliphatic rings. The van der Waals surface area contributed by atoms with Gasteiger partial charge in [-0.3, -0.25) is 0 Å². The molecule has 1 aromatic carbocycles. The van der Waals surface area contributed by atoms with Gasteiger partial charge >= 0.3 is 12.1 Å². The second kappa shape index (κ2) is 6.28. The maximum atomic E-state index is 12.7. The van der Waals surface area contributed by atoms with Crippen LogP contribution >= 0.6 is 0 Å². The zero-order valence-electron chi connectivity index (χ0n) is 11.3. The number of hydrogen-bond donors (Lipinski definition) is 1. The van der Waals surface area contributed by atoms with Gasteiger partial charge in [-0.05, 0) is 24.6 Å². The van der Waals surface area contributed by atoms with E-state index < -0.39 is 18.5 Å². The zero-order chi connectivity index (χ0) is 15.4. The first-order chi connectivity index (χ1) is 9.13. The van der Waals surface area contributed by atoms with Crippen LogP contribution in [-0.2, 0) is 0 Å². The molecule has 20 heavy (non-hydrogen) atoms. The average Bonchev–Trinajstić information content (AvgIpc) is 2.33. The molecule has 0 aromatic heterocycles. The fourth-order valence-electron chi connectivity index (χ4n) is 1.58. The summed E-state index contributed by atoms with van der Waals surface area (Å²) in [6.07, 6.45) is -6.95. The van der Waals surface area contributed by atoms with Crippen molar-refractivity contribution in [3.8, 4) is 0 Å². The molecule has 0 aliphatic carbocycles. The van der Waals surface area contributed by atoms with Crippen LogP contribution in [-0.4, -0.2) is 32.7 Å². The molecule has 0 unspecified atom stereocenters. The summed E-state index contributed by atoms with van der Waals surface area (Å²) < 4.78 is 61.2. The first-order valence-corrected chi connectivity index (χ1v) is 6.09. The van der Waals surface area contributed by atoms with E-state index in [1.54, 1.807) is 18.2 Å². The number of nitrogens with zero attached hydrogens (tertiary/aromatic N) is 1. The van der Waals surface area contributed by atoms with Crippen molar-refractivity contribution in [1.29, 1.82) is 0 Å². The van der Waals surface area contributed by atoms with Gasteiger partial charge in [-0.25, -0.2) is 0 Å². The molecule has 0 saturated heterocycles. The number of halogens is 5. The van der Waals surface area contributed by atoms with E-state index in [2.05, 4.69) is 5.32 Å². The third-order valence-electron chi connectivity index (χ3n) is 2.77. The van der Waals surface area contributed by atoms with E-state index >= 15 is 0 Å². The number of benzene rings is 1. The summed E-state index contributed by atoms with van der Waals surface area (Å²) in [6.45, 7) is 0.0581. The van der Waals surface area contributed by atoms with Gasteiger partial charge < -0.3 is 10.2 Å². The molecule has 0 radical (unpaired) electrons. The van der Waals surface area contributed by atoms with Crippen molar-refractivity contribution in [3.63, 3.8) is 0 Å². The Kier molecular flexibility index (Phi) is 5.19. The summed E-state index contributed by atoms with van der Waals surface area (Å²) in [5, 5.41) is 2.84. The highest BCUT2D eigenvalue weighted by atomic mass is 19.4. The average molecular weight is 296 g/mol. The largest absolute Gasteiger partial charge is 0.453 e. The molecule has 1 N–H and O–H groups in total. The smallest absolute Gasteiger partial charge is 0.385 e. The maximum absolute atomic E-state index is 12.7. The molecule has 0 amide bonds. The Morgan fingerprint density at radius 1 is 1.10 bits per heavy atom. The molecule has 0 heterocycles. The van der Waals surface area contributed by atoms with Crippen molar-refractivity contribution >= 4 is 11.4 Å². The number of anilines is 2. The Morgan fingerprint density at radius 2 is 1.75 bits per heavy atom. The molecular weight excluding hydrogens is 279 g/mol. The standard InChI is InChI=1S/C13H17F5N2/c1-20(2)11-6-3-5-10(9-11)19-8-4-7-12(14,15)13(16,17)18/h3,5-6,9,19H,4,7-8H2,1-2H3. The van der Waals surface area contributed by atoms with E-state index in [-0.39, 0.29) is 13.0 Å². The van der Waals surface area contributed by atoms with Crippen molar-refractivity contribution in [1.82, 2.24) is 0 Å². The van der Waals surface area contributed by atoms with E-state index in [0.717, 1.165) is 5.69 Å². The van der Waals surface area contributed by atoms with Gasteiger partial charge in [-0.1, -0.05) is 6.07 Å². The maximum Gasteiger partial charge on any atom is 0.453 e. The van der Waals surface area contributed by atoms with Crippen LogP contribution in [0.25, 0.3) is 0 Å². The third-order valence-corrected chi connectivity index (χ3v) is 2.77. The van der Waals surface area contributed by atoms with Crippen molar-refractivity contribution in [3.05, 3.63) is 24.3 Å². The lowest BCUT2D eigenvalue weighted by atomic mass is 10.1. The summed E-state index contributed by atoms with van der Waals surface area (Å²) in [5.74, 6) is -4.62. The van der Waals surface area contributed by atoms with Gasteiger partial charge in [0.1, 0.15) is 0 Å². The summed E-state index contributed by atoms with van der Waals surface area (Å²) in [4.78, 5) is 1.86. The van der Waals surface area contributed by atoms with Gasteiger partial charge in [0.2, 0.25) is 0 Å². The topological polar surface area (TPSA) is 15.3 Å². The van der Waals surface area contributed by atoms with Crippen LogP contribution in [0.15, 0.2) is 24.3 Å². The summed E-state index contributed by atoms with van der Waals surface area (Å²) >= 11 is 0. The quantitative estimate of drug-likeness (QED) is 0.627. The van der Waals surface area contributed by atoms with Gasteiger partial charge in [-0.2, -0.15) is 22.0 Å². The lowest BCUT2D eigenvalue weighted by molar-refractivity contribution is -0.284. The molecule has 1 aromatic rings. The van der Waals surface area contributed by atoms with Gasteiger partial charge in [0.25, 0.3) is 0 Å². The third kappa shape index (κ3) is 4.54. The molecule has 114 valence electrons. The van der Waals surface area contributed by atoms with E-state index in [1.165, 1.54) is 0 Å². The fourth-order valence-corrected chi connectivity index (χ4v) is 1.58. The molecule has 2 nitrogen and oxygen atoms in total. The highest BCUT2D eigenvalue weighted by Gasteiger charge is 2.56. The van der Waals surface area contributed by atoms with Crippen molar-refractivity contribution in [2.45, 2.75) is 24.9 Å². The summed E-state index contributed by atoms with van der Waals surface area (Å²) in [5.41, 5.74) is 1.60. The number of rotatable bonds is 6. The molecule has 0 saturated carbocycles. The molecular formula is C13H17F5N2. The molecule has 0 aliphatic heterocycles. The minimum absolute atomic E-state index is 0.0581. The van der Waals surface area contributed by atoms with Crippen LogP contribution in [0.1, 0.15) is 12.8 Å². The lowest BCUT2D eigenvalue weighted by Crippen LogP contribution is -2.36. The molecule has 1 rings (SSSR count). The van der Waals surface area contributed by atoms with Gasteiger partial charge in [0, 0.05) is 38.4 Å². The summed E-state index contributed by atoms with van der Waals surface area (Å²) in [7, 11) is 3.70. The minimum Gasteiger partial charge on any atom is -0.385 e. The number of nitrogens with one attached hydrogen (secondary N) is 1. The van der Waals surface area contributed by atoms with Crippen LogP contribution in [0.3, 0.4) is 0 Å². The predicted octanol–water partition coefficient (Wildman–Crippen LogP) is 4.14. The second-order valence-electron chi connectivity index (χ2n) is 4.68. The summed E-state index contributed by atoms with van der Waals surface area (Å²) in [6, 6.07) is 7.17. The van der Waals surface area contributed by atoms with E-state index in [9.17, 15) is 22.0 Å². The van der Waals surface area contributed by atoms with Crippen LogP contribution in [0.5, 0.6) is 0 Å². The van der Waals surface area contributed by atoms with Crippen molar-refractivity contribution < 1.29 is 22.0 Å². The zero-order valence-corrected chi connectivity index (χ0v) is 11.3. The monoisotopic (exact) mass is 296 g/mol. The molecule has 0 fully saturated rings. The first-order valence-electron chi connectivity index (χ1n) is 6.09. The highest BCUT2D eigenvalue weighted by Crippen LogP contribution is 2.38. The van der Waals surface area contributed by atoms with Crippen LogP contribution < -0.4 is 10.2 Å². The van der Waals surface area contributed by atoms with Crippen LogP contribution in [0, 0.1) is 0 Å². The normalized spacial score (nSPS) is 12.3. The minimum atomic E-state index is -5.47. The Hall–Kier alpha value is -1.53. The highest BCUT2D eigenvalue weighted by molar-refractivity contribution is 5.57.